The molecule has 0 N–H and O–H groups in total. The van der Waals surface area contributed by atoms with Gasteiger partial charge in [-0.2, -0.15) is 0 Å². The number of benzene rings is 1. The van der Waals surface area contributed by atoms with Crippen LogP contribution in [0.25, 0.3) is 0 Å². The van der Waals surface area contributed by atoms with Crippen LogP contribution in [0.2, 0.25) is 5.02 Å². The number of hydrogen-bond acceptors (Lipinski definition) is 2. The Labute approximate surface area is 118 Å². The van der Waals surface area contributed by atoms with Gasteiger partial charge >= 0.3 is 0 Å². The Morgan fingerprint density at radius 2 is 1.82 bits per heavy atom. The second-order valence-corrected chi connectivity index (χ2v) is 6.75. The lowest BCUT2D eigenvalue weighted by molar-refractivity contribution is 0.103. The molecular formula is C13H10BrClOS. The number of ketones is 1. The van der Waals surface area contributed by atoms with Crippen molar-refractivity contribution in [3.63, 3.8) is 0 Å². The zero-order chi connectivity index (χ0) is 12.6. The van der Waals surface area contributed by atoms with E-state index in [4.69, 9.17) is 11.6 Å². The Morgan fingerprint density at radius 3 is 2.29 bits per heavy atom. The van der Waals surface area contributed by atoms with Crippen LogP contribution >= 0.6 is 38.9 Å². The van der Waals surface area contributed by atoms with Crippen LogP contribution in [0, 0.1) is 13.8 Å². The summed E-state index contributed by atoms with van der Waals surface area (Å²) in [5.74, 6) is 0.0374. The molecule has 0 saturated carbocycles. The van der Waals surface area contributed by atoms with E-state index in [9.17, 15) is 4.79 Å². The van der Waals surface area contributed by atoms with Crippen molar-refractivity contribution < 1.29 is 4.79 Å². The second kappa shape index (κ2) is 4.92. The molecule has 0 atom stereocenters. The third-order valence-electron chi connectivity index (χ3n) is 2.68. The third-order valence-corrected chi connectivity index (χ3v) is 4.81. The van der Waals surface area contributed by atoms with E-state index in [1.165, 1.54) is 0 Å². The van der Waals surface area contributed by atoms with Crippen molar-refractivity contribution in [3.05, 3.63) is 54.6 Å². The largest absolute Gasteiger partial charge is 0.289 e. The van der Waals surface area contributed by atoms with Crippen LogP contribution in [0.5, 0.6) is 0 Å². The van der Waals surface area contributed by atoms with E-state index < -0.39 is 0 Å². The number of hydrogen-bond donors (Lipinski definition) is 0. The van der Waals surface area contributed by atoms with Crippen molar-refractivity contribution in [1.82, 2.24) is 0 Å². The monoisotopic (exact) mass is 328 g/mol. The van der Waals surface area contributed by atoms with Crippen LogP contribution < -0.4 is 0 Å². The standard InChI is InChI=1S/C13H10BrClOS/c1-7-8(2)17-13(14)11(7)12(16)9-3-5-10(15)6-4-9/h3-6H,1-2H3. The van der Waals surface area contributed by atoms with Gasteiger partial charge in [0.1, 0.15) is 0 Å². The van der Waals surface area contributed by atoms with Gasteiger partial charge in [-0.15, -0.1) is 11.3 Å². The molecule has 0 aliphatic carbocycles. The van der Waals surface area contributed by atoms with Crippen molar-refractivity contribution in [1.29, 1.82) is 0 Å². The van der Waals surface area contributed by atoms with Crippen LogP contribution in [-0.2, 0) is 0 Å². The van der Waals surface area contributed by atoms with Crippen molar-refractivity contribution in [2.45, 2.75) is 13.8 Å². The van der Waals surface area contributed by atoms with Gasteiger partial charge < -0.3 is 0 Å². The highest BCUT2D eigenvalue weighted by Gasteiger charge is 2.19. The maximum absolute atomic E-state index is 12.3. The van der Waals surface area contributed by atoms with Gasteiger partial charge in [-0.05, 0) is 59.6 Å². The molecule has 1 aromatic carbocycles. The summed E-state index contributed by atoms with van der Waals surface area (Å²) in [5, 5.41) is 0.638. The van der Waals surface area contributed by atoms with Crippen LogP contribution in [0.15, 0.2) is 28.1 Å². The average molecular weight is 330 g/mol. The van der Waals surface area contributed by atoms with Gasteiger partial charge in [-0.3, -0.25) is 4.79 Å². The predicted molar refractivity (Wildman–Crippen MR) is 76.4 cm³/mol. The first-order valence-electron chi connectivity index (χ1n) is 5.06. The zero-order valence-corrected chi connectivity index (χ0v) is 12.5. The smallest absolute Gasteiger partial charge is 0.195 e. The first-order chi connectivity index (χ1) is 8.00. The van der Waals surface area contributed by atoms with Crippen LogP contribution in [-0.4, -0.2) is 5.78 Å². The van der Waals surface area contributed by atoms with Gasteiger partial charge in [-0.1, -0.05) is 11.6 Å². The number of thiophene rings is 1. The summed E-state index contributed by atoms with van der Waals surface area (Å²) >= 11 is 10.9. The van der Waals surface area contributed by atoms with Gasteiger partial charge in [0.05, 0.1) is 9.35 Å². The second-order valence-electron chi connectivity index (χ2n) is 3.77. The molecule has 2 aromatic rings. The Kier molecular flexibility index (Phi) is 3.71. The number of rotatable bonds is 2. The Hall–Kier alpha value is -0.640. The highest BCUT2D eigenvalue weighted by atomic mass is 79.9. The van der Waals surface area contributed by atoms with Gasteiger partial charge in [-0.25, -0.2) is 0 Å². The number of carbonyl (C=O) groups is 1. The topological polar surface area (TPSA) is 17.1 Å². The summed E-state index contributed by atoms with van der Waals surface area (Å²) in [7, 11) is 0. The first kappa shape index (κ1) is 12.8. The number of carbonyl (C=O) groups excluding carboxylic acids is 1. The minimum atomic E-state index is 0.0374. The molecule has 0 spiro atoms. The normalized spacial score (nSPS) is 10.6. The number of aryl methyl sites for hydroxylation is 1. The molecule has 0 aliphatic rings. The quantitative estimate of drug-likeness (QED) is 0.708. The lowest BCUT2D eigenvalue weighted by Crippen LogP contribution is -2.02. The van der Waals surface area contributed by atoms with E-state index in [0.29, 0.717) is 10.6 Å². The van der Waals surface area contributed by atoms with Crippen molar-refractivity contribution in [2.24, 2.45) is 0 Å². The minimum Gasteiger partial charge on any atom is -0.289 e. The molecule has 0 aliphatic heterocycles. The maximum Gasteiger partial charge on any atom is 0.195 e. The van der Waals surface area contributed by atoms with E-state index in [0.717, 1.165) is 19.8 Å². The van der Waals surface area contributed by atoms with Gasteiger partial charge in [0.2, 0.25) is 0 Å². The SMILES string of the molecule is Cc1sc(Br)c(C(=O)c2ccc(Cl)cc2)c1C. The number of halogens is 2. The predicted octanol–water partition coefficient (Wildman–Crippen LogP) is 5.01. The van der Waals surface area contributed by atoms with Gasteiger partial charge in [0, 0.05) is 15.5 Å². The van der Waals surface area contributed by atoms with Gasteiger partial charge in [0.15, 0.2) is 5.78 Å². The molecule has 88 valence electrons. The fraction of sp³-hybridized carbons (Fsp3) is 0.154. The molecule has 1 aromatic heterocycles. The molecule has 0 fully saturated rings. The molecule has 0 unspecified atom stereocenters. The summed E-state index contributed by atoms with van der Waals surface area (Å²) in [4.78, 5) is 13.5. The van der Waals surface area contributed by atoms with E-state index >= 15 is 0 Å². The van der Waals surface area contributed by atoms with Crippen LogP contribution in [0.1, 0.15) is 26.4 Å². The molecular weight excluding hydrogens is 320 g/mol. The maximum atomic E-state index is 12.3. The molecule has 0 bridgehead atoms. The van der Waals surface area contributed by atoms with Crippen molar-refractivity contribution in [2.75, 3.05) is 0 Å². The third kappa shape index (κ3) is 2.46. The molecule has 1 heterocycles. The molecule has 17 heavy (non-hydrogen) atoms. The molecule has 4 heteroatoms. The van der Waals surface area contributed by atoms with E-state index in [-0.39, 0.29) is 5.78 Å². The summed E-state index contributed by atoms with van der Waals surface area (Å²) in [6.07, 6.45) is 0. The first-order valence-corrected chi connectivity index (χ1v) is 7.05. The fourth-order valence-corrected chi connectivity index (χ4v) is 3.79. The highest BCUT2D eigenvalue weighted by molar-refractivity contribution is 9.11. The molecule has 0 radical (unpaired) electrons. The molecule has 1 nitrogen and oxygen atoms in total. The lowest BCUT2D eigenvalue weighted by atomic mass is 10.0. The van der Waals surface area contributed by atoms with E-state index in [2.05, 4.69) is 15.9 Å². The van der Waals surface area contributed by atoms with Gasteiger partial charge in [0.25, 0.3) is 0 Å². The molecule has 0 amide bonds. The average Bonchev–Trinajstić information content (AvgIpc) is 2.53. The van der Waals surface area contributed by atoms with Crippen LogP contribution in [0.3, 0.4) is 0 Å². The molecule has 2 rings (SSSR count). The summed E-state index contributed by atoms with van der Waals surface area (Å²) in [5.41, 5.74) is 2.47. The zero-order valence-electron chi connectivity index (χ0n) is 9.38. The molecule has 0 saturated heterocycles. The summed E-state index contributed by atoms with van der Waals surface area (Å²) in [6, 6.07) is 6.97. The minimum absolute atomic E-state index is 0.0374. The van der Waals surface area contributed by atoms with E-state index in [1.807, 2.05) is 13.8 Å². The fourth-order valence-electron chi connectivity index (χ4n) is 1.59. The van der Waals surface area contributed by atoms with Crippen molar-refractivity contribution >= 4 is 44.7 Å². The van der Waals surface area contributed by atoms with Crippen molar-refractivity contribution in [3.8, 4) is 0 Å². The summed E-state index contributed by atoms with van der Waals surface area (Å²) < 4.78 is 0.896. The Morgan fingerprint density at radius 1 is 1.24 bits per heavy atom. The lowest BCUT2D eigenvalue weighted by Gasteiger charge is -2.02. The van der Waals surface area contributed by atoms with Crippen LogP contribution in [0.4, 0.5) is 0 Å². The summed E-state index contributed by atoms with van der Waals surface area (Å²) in [6.45, 7) is 3.99. The Balaban J connectivity index is 2.47. The van der Waals surface area contributed by atoms with E-state index in [1.54, 1.807) is 35.6 Å². The Bertz CT molecular complexity index is 572. The highest BCUT2D eigenvalue weighted by Crippen LogP contribution is 2.33.